The number of ether oxygens (including phenoxy) is 1. The molecule has 0 spiro atoms. The number of aromatic nitrogens is 2. The average molecular weight is 298 g/mol. The largest absolute Gasteiger partial charge is 0.432 e. The summed E-state index contributed by atoms with van der Waals surface area (Å²) in [7, 11) is 0. The number of hydrogen-bond acceptors (Lipinski definition) is 6. The first-order valence-electron chi connectivity index (χ1n) is 5.09. The highest BCUT2D eigenvalue weighted by Crippen LogP contribution is 2.36. The molecule has 1 aromatic carbocycles. The first-order valence-corrected chi connectivity index (χ1v) is 6.69. The van der Waals surface area contributed by atoms with Crippen LogP contribution >= 0.6 is 23.4 Å². The molecule has 1 heterocycles. The van der Waals surface area contributed by atoms with Crippen molar-refractivity contribution in [2.75, 3.05) is 6.26 Å². The molecule has 2 aromatic rings. The van der Waals surface area contributed by atoms with Gasteiger partial charge in [-0.1, -0.05) is 23.7 Å². The summed E-state index contributed by atoms with van der Waals surface area (Å²) in [5.74, 6) is 0.305. The predicted octanol–water partition coefficient (Wildman–Crippen LogP) is 3.55. The molecule has 0 radical (unpaired) electrons. The molecular weight excluding hydrogens is 290 g/mol. The van der Waals surface area contributed by atoms with Gasteiger partial charge in [0.05, 0.1) is 4.92 Å². The Balaban J connectivity index is 2.44. The van der Waals surface area contributed by atoms with E-state index < -0.39 is 10.6 Å². The van der Waals surface area contributed by atoms with E-state index in [0.717, 1.165) is 11.2 Å². The van der Waals surface area contributed by atoms with Crippen molar-refractivity contribution in [3.63, 3.8) is 0 Å². The van der Waals surface area contributed by atoms with Crippen LogP contribution in [0.1, 0.15) is 0 Å². The van der Waals surface area contributed by atoms with Crippen LogP contribution in [0.25, 0.3) is 0 Å². The van der Waals surface area contributed by atoms with Gasteiger partial charge in [0, 0.05) is 4.90 Å². The monoisotopic (exact) mass is 297 g/mol. The van der Waals surface area contributed by atoms with Crippen LogP contribution < -0.4 is 4.74 Å². The molecule has 8 heteroatoms. The van der Waals surface area contributed by atoms with Gasteiger partial charge in [-0.05, 0) is 18.4 Å². The molecule has 0 amide bonds. The first-order chi connectivity index (χ1) is 9.13. The molecule has 0 unspecified atom stereocenters. The fourth-order valence-corrected chi connectivity index (χ4v) is 2.10. The maximum absolute atomic E-state index is 10.9. The minimum absolute atomic E-state index is 0.175. The number of benzene rings is 1. The van der Waals surface area contributed by atoms with Crippen molar-refractivity contribution >= 4 is 29.1 Å². The SMILES string of the molecule is CSc1ccccc1Oc1ncnc(Cl)c1[N+](=O)[O-]. The van der Waals surface area contributed by atoms with Gasteiger partial charge in [-0.2, -0.15) is 4.98 Å². The molecule has 0 saturated heterocycles. The van der Waals surface area contributed by atoms with Crippen molar-refractivity contribution in [1.29, 1.82) is 0 Å². The maximum atomic E-state index is 10.9. The van der Waals surface area contributed by atoms with Gasteiger partial charge in [-0.25, -0.2) is 4.98 Å². The Hall–Kier alpha value is -1.86. The fraction of sp³-hybridized carbons (Fsp3) is 0.0909. The molecule has 0 fully saturated rings. The van der Waals surface area contributed by atoms with Crippen LogP contribution in [0.2, 0.25) is 5.15 Å². The van der Waals surface area contributed by atoms with Gasteiger partial charge in [-0.15, -0.1) is 11.8 Å². The van der Waals surface area contributed by atoms with Crippen molar-refractivity contribution in [2.24, 2.45) is 0 Å². The van der Waals surface area contributed by atoms with Gasteiger partial charge in [0.25, 0.3) is 0 Å². The number of hydrogen-bond donors (Lipinski definition) is 0. The summed E-state index contributed by atoms with van der Waals surface area (Å²) in [5.41, 5.74) is -0.444. The van der Waals surface area contributed by atoms with Crippen molar-refractivity contribution < 1.29 is 9.66 Å². The van der Waals surface area contributed by atoms with Gasteiger partial charge in [0.15, 0.2) is 0 Å². The minimum Gasteiger partial charge on any atom is -0.432 e. The van der Waals surface area contributed by atoms with Gasteiger partial charge in [-0.3, -0.25) is 10.1 Å². The molecule has 6 nitrogen and oxygen atoms in total. The molecule has 0 aliphatic rings. The van der Waals surface area contributed by atoms with Gasteiger partial charge >= 0.3 is 11.6 Å². The third-order valence-electron chi connectivity index (χ3n) is 2.20. The predicted molar refractivity (Wildman–Crippen MR) is 72.0 cm³/mol. The third-order valence-corrected chi connectivity index (χ3v) is 3.26. The van der Waals surface area contributed by atoms with Crippen LogP contribution in [0, 0.1) is 10.1 Å². The van der Waals surface area contributed by atoms with E-state index in [2.05, 4.69) is 9.97 Å². The lowest BCUT2D eigenvalue weighted by molar-refractivity contribution is -0.386. The summed E-state index contributed by atoms with van der Waals surface area (Å²) < 4.78 is 5.48. The zero-order valence-corrected chi connectivity index (χ0v) is 11.3. The number of nitro groups is 1. The highest BCUT2D eigenvalue weighted by molar-refractivity contribution is 7.98. The summed E-state index contributed by atoms with van der Waals surface area (Å²) in [6.45, 7) is 0. The van der Waals surface area contributed by atoms with Crippen LogP contribution in [0.4, 0.5) is 5.69 Å². The minimum atomic E-state index is -0.667. The van der Waals surface area contributed by atoms with E-state index in [0.29, 0.717) is 5.75 Å². The Bertz CT molecular complexity index is 624. The number of thioether (sulfide) groups is 1. The Morgan fingerprint density at radius 1 is 1.37 bits per heavy atom. The van der Waals surface area contributed by atoms with E-state index in [-0.39, 0.29) is 11.0 Å². The van der Waals surface area contributed by atoms with E-state index in [4.69, 9.17) is 16.3 Å². The summed E-state index contributed by atoms with van der Waals surface area (Å²) in [5, 5.41) is 10.7. The third kappa shape index (κ3) is 2.94. The first kappa shape index (κ1) is 13.6. The number of rotatable bonds is 4. The van der Waals surface area contributed by atoms with Crippen LogP contribution in [-0.4, -0.2) is 21.1 Å². The molecular formula is C11H8ClN3O3S. The van der Waals surface area contributed by atoms with E-state index >= 15 is 0 Å². The molecule has 0 aliphatic heterocycles. The molecule has 0 bridgehead atoms. The second kappa shape index (κ2) is 5.85. The Morgan fingerprint density at radius 2 is 2.11 bits per heavy atom. The molecule has 0 N–H and O–H groups in total. The lowest BCUT2D eigenvalue weighted by Crippen LogP contribution is -1.98. The standard InChI is InChI=1S/C11H8ClN3O3S/c1-19-8-5-3-2-4-7(8)18-11-9(15(16)17)10(12)13-6-14-11/h2-6H,1H3. The lowest BCUT2D eigenvalue weighted by atomic mass is 10.3. The highest BCUT2D eigenvalue weighted by Gasteiger charge is 2.24. The molecule has 0 aliphatic carbocycles. The quantitative estimate of drug-likeness (QED) is 0.372. The second-order valence-electron chi connectivity index (χ2n) is 3.33. The molecule has 0 atom stereocenters. The van der Waals surface area contributed by atoms with E-state index in [9.17, 15) is 10.1 Å². The van der Waals surface area contributed by atoms with Crippen LogP contribution in [-0.2, 0) is 0 Å². The number of para-hydroxylation sites is 1. The van der Waals surface area contributed by atoms with Crippen molar-refractivity contribution in [3.05, 3.63) is 45.9 Å². The Kier molecular flexibility index (Phi) is 4.18. The Morgan fingerprint density at radius 3 is 2.79 bits per heavy atom. The van der Waals surface area contributed by atoms with Crippen LogP contribution in [0.3, 0.4) is 0 Å². The molecule has 0 saturated carbocycles. The normalized spacial score (nSPS) is 10.2. The summed E-state index contributed by atoms with van der Waals surface area (Å²) >= 11 is 7.15. The molecule has 19 heavy (non-hydrogen) atoms. The van der Waals surface area contributed by atoms with Gasteiger partial charge < -0.3 is 4.74 Å². The smallest absolute Gasteiger partial charge is 0.368 e. The maximum Gasteiger partial charge on any atom is 0.368 e. The van der Waals surface area contributed by atoms with Crippen molar-refractivity contribution in [3.8, 4) is 11.6 Å². The van der Waals surface area contributed by atoms with Gasteiger partial charge in [0.1, 0.15) is 12.1 Å². The highest BCUT2D eigenvalue weighted by atomic mass is 35.5. The van der Waals surface area contributed by atoms with E-state index in [1.165, 1.54) is 11.8 Å². The summed E-state index contributed by atoms with van der Waals surface area (Å²) in [6, 6.07) is 7.16. The second-order valence-corrected chi connectivity index (χ2v) is 4.53. The molecule has 1 aromatic heterocycles. The lowest BCUT2D eigenvalue weighted by Gasteiger charge is -2.08. The van der Waals surface area contributed by atoms with E-state index in [1.807, 2.05) is 18.4 Å². The fourth-order valence-electron chi connectivity index (χ4n) is 1.38. The van der Waals surface area contributed by atoms with Crippen LogP contribution in [0.15, 0.2) is 35.5 Å². The average Bonchev–Trinajstić information content (AvgIpc) is 2.39. The van der Waals surface area contributed by atoms with Crippen LogP contribution in [0.5, 0.6) is 11.6 Å². The topological polar surface area (TPSA) is 78.2 Å². The zero-order chi connectivity index (χ0) is 13.8. The Labute approximate surface area is 117 Å². The summed E-state index contributed by atoms with van der Waals surface area (Å²) in [6.07, 6.45) is 3.00. The summed E-state index contributed by atoms with van der Waals surface area (Å²) in [4.78, 5) is 18.5. The number of nitrogens with zero attached hydrogens (tertiary/aromatic N) is 3. The van der Waals surface area contributed by atoms with Crippen molar-refractivity contribution in [1.82, 2.24) is 9.97 Å². The zero-order valence-electron chi connectivity index (χ0n) is 9.74. The van der Waals surface area contributed by atoms with Crippen molar-refractivity contribution in [2.45, 2.75) is 4.90 Å². The number of halogens is 1. The van der Waals surface area contributed by atoms with Gasteiger partial charge in [0.2, 0.25) is 5.15 Å². The molecule has 2 rings (SSSR count). The molecule has 98 valence electrons. The van der Waals surface area contributed by atoms with E-state index in [1.54, 1.807) is 12.1 Å².